The number of nitrogens with one attached hydrogen (secondary N) is 1. The lowest BCUT2D eigenvalue weighted by Crippen LogP contribution is -2.18. The van der Waals surface area contributed by atoms with Crippen LogP contribution < -0.4 is 5.43 Å². The van der Waals surface area contributed by atoms with Gasteiger partial charge in [0.25, 0.3) is 5.91 Å². The van der Waals surface area contributed by atoms with Gasteiger partial charge in [-0.1, -0.05) is 18.5 Å². The van der Waals surface area contributed by atoms with Gasteiger partial charge in [0.15, 0.2) is 0 Å². The highest BCUT2D eigenvalue weighted by Gasteiger charge is 2.03. The van der Waals surface area contributed by atoms with Crippen LogP contribution in [-0.2, 0) is 0 Å². The van der Waals surface area contributed by atoms with Gasteiger partial charge in [-0.2, -0.15) is 5.10 Å². The Morgan fingerprint density at radius 2 is 2.00 bits per heavy atom. The first-order valence-electron chi connectivity index (χ1n) is 4.72. The molecule has 1 aromatic carbocycles. The maximum absolute atomic E-state index is 11.5. The van der Waals surface area contributed by atoms with Crippen molar-refractivity contribution in [3.8, 4) is 0 Å². The van der Waals surface area contributed by atoms with E-state index in [1.165, 1.54) is 0 Å². The summed E-state index contributed by atoms with van der Waals surface area (Å²) in [6, 6.07) is 6.67. The molecule has 1 amide bonds. The fourth-order valence-electron chi connectivity index (χ4n) is 0.891. The third-order valence-electron chi connectivity index (χ3n) is 1.97. The largest absolute Gasteiger partial charge is 0.271 e. The van der Waals surface area contributed by atoms with E-state index in [2.05, 4.69) is 10.5 Å². The molecular formula is C11H13ClN2O. The summed E-state index contributed by atoms with van der Waals surface area (Å²) >= 11 is 5.71. The quantitative estimate of drug-likeness (QED) is 0.623. The molecule has 0 atom stereocenters. The molecule has 80 valence electrons. The fraction of sp³-hybridized carbons (Fsp3) is 0.273. The molecule has 0 radical (unpaired) electrons. The van der Waals surface area contributed by atoms with Gasteiger partial charge in [-0.05, 0) is 37.6 Å². The average molecular weight is 225 g/mol. The molecule has 0 unspecified atom stereocenters. The van der Waals surface area contributed by atoms with E-state index in [1.54, 1.807) is 24.3 Å². The summed E-state index contributed by atoms with van der Waals surface area (Å²) in [5.41, 5.74) is 3.91. The molecule has 0 aliphatic carbocycles. The highest BCUT2D eigenvalue weighted by atomic mass is 35.5. The second-order valence-electron chi connectivity index (χ2n) is 3.15. The summed E-state index contributed by atoms with van der Waals surface area (Å²) in [6.07, 6.45) is 0.820. The van der Waals surface area contributed by atoms with Crippen LogP contribution >= 0.6 is 11.6 Å². The normalized spacial score (nSPS) is 11.3. The highest BCUT2D eigenvalue weighted by Crippen LogP contribution is 2.09. The van der Waals surface area contributed by atoms with Crippen LogP contribution in [0.5, 0.6) is 0 Å². The average Bonchev–Trinajstić information content (AvgIpc) is 2.26. The first-order valence-corrected chi connectivity index (χ1v) is 5.10. The van der Waals surface area contributed by atoms with E-state index >= 15 is 0 Å². The first-order chi connectivity index (χ1) is 7.13. The lowest BCUT2D eigenvalue weighted by Gasteiger charge is -2.01. The lowest BCUT2D eigenvalue weighted by atomic mass is 10.2. The molecule has 0 heterocycles. The SMILES string of the molecule is CC/C(C)=N\NC(=O)c1ccc(Cl)cc1. The Morgan fingerprint density at radius 3 is 2.53 bits per heavy atom. The van der Waals surface area contributed by atoms with Crippen molar-refractivity contribution in [2.75, 3.05) is 0 Å². The van der Waals surface area contributed by atoms with E-state index in [-0.39, 0.29) is 5.91 Å². The summed E-state index contributed by atoms with van der Waals surface area (Å²) < 4.78 is 0. The van der Waals surface area contributed by atoms with Gasteiger partial charge in [-0.15, -0.1) is 0 Å². The molecule has 0 saturated carbocycles. The van der Waals surface area contributed by atoms with Gasteiger partial charge in [-0.25, -0.2) is 5.43 Å². The van der Waals surface area contributed by atoms with Crippen LogP contribution in [0.1, 0.15) is 30.6 Å². The number of rotatable bonds is 3. The lowest BCUT2D eigenvalue weighted by molar-refractivity contribution is 0.0954. The molecule has 0 aromatic heterocycles. The van der Waals surface area contributed by atoms with Crippen LogP contribution in [0.25, 0.3) is 0 Å². The number of carbonyl (C=O) groups is 1. The van der Waals surface area contributed by atoms with Crippen molar-refractivity contribution >= 4 is 23.2 Å². The van der Waals surface area contributed by atoms with Crippen molar-refractivity contribution in [3.63, 3.8) is 0 Å². The number of halogens is 1. The van der Waals surface area contributed by atoms with E-state index in [0.717, 1.165) is 12.1 Å². The predicted molar refractivity (Wildman–Crippen MR) is 62.3 cm³/mol. The van der Waals surface area contributed by atoms with Gasteiger partial charge in [0.1, 0.15) is 0 Å². The first kappa shape index (κ1) is 11.7. The molecule has 1 rings (SSSR count). The monoisotopic (exact) mass is 224 g/mol. The maximum atomic E-state index is 11.5. The Kier molecular flexibility index (Phi) is 4.31. The van der Waals surface area contributed by atoms with Gasteiger partial charge in [0, 0.05) is 16.3 Å². The zero-order valence-electron chi connectivity index (χ0n) is 8.75. The molecular weight excluding hydrogens is 212 g/mol. The molecule has 0 aliphatic rings. The summed E-state index contributed by atoms with van der Waals surface area (Å²) in [4.78, 5) is 11.5. The van der Waals surface area contributed by atoms with Crippen molar-refractivity contribution in [2.45, 2.75) is 20.3 Å². The highest BCUT2D eigenvalue weighted by molar-refractivity contribution is 6.30. The van der Waals surface area contributed by atoms with Gasteiger partial charge in [0.05, 0.1) is 0 Å². The van der Waals surface area contributed by atoms with Crippen molar-refractivity contribution in [1.29, 1.82) is 0 Å². The van der Waals surface area contributed by atoms with Gasteiger partial charge in [0.2, 0.25) is 0 Å². The van der Waals surface area contributed by atoms with Gasteiger partial charge >= 0.3 is 0 Å². The minimum atomic E-state index is -0.223. The van der Waals surface area contributed by atoms with E-state index in [4.69, 9.17) is 11.6 Å². The number of hydrogen-bond donors (Lipinski definition) is 1. The van der Waals surface area contributed by atoms with Crippen LogP contribution in [0.15, 0.2) is 29.4 Å². The van der Waals surface area contributed by atoms with E-state index in [0.29, 0.717) is 10.6 Å². The van der Waals surface area contributed by atoms with Crippen LogP contribution in [0.3, 0.4) is 0 Å². The molecule has 0 fully saturated rings. The minimum absolute atomic E-state index is 0.223. The topological polar surface area (TPSA) is 41.5 Å². The molecule has 0 aliphatic heterocycles. The molecule has 0 spiro atoms. The zero-order chi connectivity index (χ0) is 11.3. The number of nitrogens with zero attached hydrogens (tertiary/aromatic N) is 1. The number of amides is 1. The predicted octanol–water partition coefficient (Wildman–Crippen LogP) is 2.86. The van der Waals surface area contributed by atoms with Crippen LogP contribution in [-0.4, -0.2) is 11.6 Å². The number of benzene rings is 1. The van der Waals surface area contributed by atoms with Crippen molar-refractivity contribution in [1.82, 2.24) is 5.43 Å². The standard InChI is InChI=1S/C11H13ClN2O/c1-3-8(2)13-14-11(15)9-4-6-10(12)7-5-9/h4-7H,3H2,1-2H3,(H,14,15)/b13-8-. The summed E-state index contributed by atoms with van der Waals surface area (Å²) in [5.74, 6) is -0.223. The molecule has 15 heavy (non-hydrogen) atoms. The molecule has 0 saturated heterocycles. The number of hydrogen-bond acceptors (Lipinski definition) is 2. The second-order valence-corrected chi connectivity index (χ2v) is 3.58. The van der Waals surface area contributed by atoms with E-state index in [9.17, 15) is 4.79 Å². The minimum Gasteiger partial charge on any atom is -0.267 e. The smallest absolute Gasteiger partial charge is 0.267 e. The molecule has 3 nitrogen and oxygen atoms in total. The molecule has 1 aromatic rings. The third kappa shape index (κ3) is 3.72. The maximum Gasteiger partial charge on any atom is 0.271 e. The van der Waals surface area contributed by atoms with Gasteiger partial charge in [-0.3, -0.25) is 4.79 Å². The summed E-state index contributed by atoms with van der Waals surface area (Å²) in [5, 5.41) is 4.54. The van der Waals surface area contributed by atoms with Gasteiger partial charge < -0.3 is 0 Å². The number of carbonyl (C=O) groups excluding carboxylic acids is 1. The van der Waals surface area contributed by atoms with Crippen LogP contribution in [0, 0.1) is 0 Å². The fourth-order valence-corrected chi connectivity index (χ4v) is 1.02. The van der Waals surface area contributed by atoms with E-state index < -0.39 is 0 Å². The van der Waals surface area contributed by atoms with Crippen LogP contribution in [0.2, 0.25) is 5.02 Å². The molecule has 4 heteroatoms. The van der Waals surface area contributed by atoms with Crippen molar-refractivity contribution < 1.29 is 4.79 Å². The Bertz CT molecular complexity index is 371. The Hall–Kier alpha value is -1.35. The summed E-state index contributed by atoms with van der Waals surface area (Å²) in [7, 11) is 0. The summed E-state index contributed by atoms with van der Waals surface area (Å²) in [6.45, 7) is 3.84. The van der Waals surface area contributed by atoms with E-state index in [1.807, 2.05) is 13.8 Å². The van der Waals surface area contributed by atoms with Crippen LogP contribution in [0.4, 0.5) is 0 Å². The molecule has 1 N–H and O–H groups in total. The zero-order valence-corrected chi connectivity index (χ0v) is 9.51. The third-order valence-corrected chi connectivity index (χ3v) is 2.22. The van der Waals surface area contributed by atoms with Crippen molar-refractivity contribution in [2.24, 2.45) is 5.10 Å². The Balaban J connectivity index is 2.66. The Morgan fingerprint density at radius 1 is 1.40 bits per heavy atom. The second kappa shape index (κ2) is 5.51. The van der Waals surface area contributed by atoms with Crippen molar-refractivity contribution in [3.05, 3.63) is 34.9 Å². The molecule has 0 bridgehead atoms. The number of hydrazone groups is 1. The Labute approximate surface area is 94.1 Å².